The minimum atomic E-state index is -0.547. The zero-order valence-electron chi connectivity index (χ0n) is 15.4. The predicted octanol–water partition coefficient (Wildman–Crippen LogP) is 4.15. The summed E-state index contributed by atoms with van der Waals surface area (Å²) in [6.45, 7) is 1.51. The number of hydrogen-bond acceptors (Lipinski definition) is 5. The second-order valence-electron chi connectivity index (χ2n) is 6.01. The molecule has 0 saturated carbocycles. The van der Waals surface area contributed by atoms with E-state index in [4.69, 9.17) is 28.5 Å². The number of halogens is 3. The van der Waals surface area contributed by atoms with Gasteiger partial charge >= 0.3 is 0 Å². The number of aryl methyl sites for hydroxylation is 1. The number of hydrogen-bond donors (Lipinski definition) is 2. The number of pyridine rings is 1. The number of aromatic nitrogens is 3. The fourth-order valence-electron chi connectivity index (χ4n) is 2.69. The van der Waals surface area contributed by atoms with Crippen molar-refractivity contribution < 1.29 is 9.59 Å². The lowest BCUT2D eigenvalue weighted by molar-refractivity contribution is 0.0959. The maximum atomic E-state index is 13.1. The van der Waals surface area contributed by atoms with Crippen LogP contribution in [0.5, 0.6) is 0 Å². The van der Waals surface area contributed by atoms with Crippen LogP contribution in [0.1, 0.15) is 26.4 Å². The molecule has 0 bridgehead atoms. The number of benzene rings is 1. The van der Waals surface area contributed by atoms with Gasteiger partial charge in [0.1, 0.15) is 16.8 Å². The van der Waals surface area contributed by atoms with Crippen molar-refractivity contribution in [3.63, 3.8) is 0 Å². The Kier molecular flexibility index (Phi) is 6.72. The Hall–Kier alpha value is -2.93. The first-order valence-corrected chi connectivity index (χ1v) is 9.99. The summed E-state index contributed by atoms with van der Waals surface area (Å²) in [7, 11) is 0. The minimum absolute atomic E-state index is 0.129. The molecule has 152 valence electrons. The van der Waals surface area contributed by atoms with Crippen molar-refractivity contribution in [1.29, 1.82) is 5.26 Å². The number of anilines is 1. The number of nitriles is 1. The zero-order chi connectivity index (χ0) is 21.8. The van der Waals surface area contributed by atoms with Crippen LogP contribution in [0.25, 0.3) is 5.82 Å². The predicted molar refractivity (Wildman–Crippen MR) is 116 cm³/mol. The third kappa shape index (κ3) is 4.62. The van der Waals surface area contributed by atoms with Gasteiger partial charge in [-0.15, -0.1) is 0 Å². The molecule has 2 heterocycles. The minimum Gasteiger partial charge on any atom is -0.339 e. The summed E-state index contributed by atoms with van der Waals surface area (Å²) < 4.78 is 1.69. The molecule has 0 fully saturated rings. The SMILES string of the molecule is Cc1cc(Cl)cc(C(=O)NCC#N)c1NC(=O)c1cc(Br)nn1-c1ncccc1Cl. The Labute approximate surface area is 189 Å². The summed E-state index contributed by atoms with van der Waals surface area (Å²) in [5, 5.41) is 18.7. The van der Waals surface area contributed by atoms with Gasteiger partial charge < -0.3 is 10.6 Å². The van der Waals surface area contributed by atoms with Crippen molar-refractivity contribution in [2.24, 2.45) is 0 Å². The van der Waals surface area contributed by atoms with Crippen LogP contribution in [-0.2, 0) is 0 Å². The van der Waals surface area contributed by atoms with E-state index in [2.05, 4.69) is 36.6 Å². The Morgan fingerprint density at radius 3 is 2.73 bits per heavy atom. The highest BCUT2D eigenvalue weighted by Crippen LogP contribution is 2.27. The van der Waals surface area contributed by atoms with E-state index < -0.39 is 11.8 Å². The molecule has 2 N–H and O–H groups in total. The standard InChI is InChI=1S/C19H13BrCl2N6O2/c1-10-7-11(21)8-12(18(29)25-6-4-23)16(10)26-19(30)14-9-15(20)27-28(14)17-13(22)3-2-5-24-17/h2-3,5,7-9H,6H2,1H3,(H,25,29)(H,26,30). The van der Waals surface area contributed by atoms with Crippen LogP contribution in [0.3, 0.4) is 0 Å². The van der Waals surface area contributed by atoms with Crippen LogP contribution < -0.4 is 10.6 Å². The lowest BCUT2D eigenvalue weighted by Crippen LogP contribution is -2.26. The largest absolute Gasteiger partial charge is 0.339 e. The summed E-state index contributed by atoms with van der Waals surface area (Å²) in [5.41, 5.74) is 1.10. The van der Waals surface area contributed by atoms with Crippen molar-refractivity contribution in [2.45, 2.75) is 6.92 Å². The van der Waals surface area contributed by atoms with Crippen molar-refractivity contribution in [3.8, 4) is 11.9 Å². The molecule has 0 radical (unpaired) electrons. The highest BCUT2D eigenvalue weighted by atomic mass is 79.9. The van der Waals surface area contributed by atoms with E-state index in [0.717, 1.165) is 0 Å². The molecule has 0 unspecified atom stereocenters. The lowest BCUT2D eigenvalue weighted by Gasteiger charge is -2.15. The van der Waals surface area contributed by atoms with E-state index in [1.165, 1.54) is 23.0 Å². The van der Waals surface area contributed by atoms with Gasteiger partial charge in [0, 0.05) is 17.3 Å². The number of nitrogens with one attached hydrogen (secondary N) is 2. The number of carbonyl (C=O) groups excluding carboxylic acids is 2. The average Bonchev–Trinajstić information content (AvgIpc) is 3.09. The van der Waals surface area contributed by atoms with Crippen molar-refractivity contribution in [1.82, 2.24) is 20.1 Å². The van der Waals surface area contributed by atoms with Crippen molar-refractivity contribution >= 4 is 56.6 Å². The van der Waals surface area contributed by atoms with Crippen molar-refractivity contribution in [2.75, 3.05) is 11.9 Å². The number of amides is 2. The summed E-state index contributed by atoms with van der Waals surface area (Å²) in [6, 6.07) is 9.65. The van der Waals surface area contributed by atoms with Gasteiger partial charge in [-0.1, -0.05) is 23.2 Å². The summed E-state index contributed by atoms with van der Waals surface area (Å²) >= 11 is 15.5. The van der Waals surface area contributed by atoms with Crippen LogP contribution >= 0.6 is 39.1 Å². The van der Waals surface area contributed by atoms with E-state index in [-0.39, 0.29) is 29.3 Å². The fraction of sp³-hybridized carbons (Fsp3) is 0.105. The lowest BCUT2D eigenvalue weighted by atomic mass is 10.1. The van der Waals surface area contributed by atoms with Crippen LogP contribution in [-0.4, -0.2) is 33.1 Å². The van der Waals surface area contributed by atoms with Gasteiger partial charge in [0.15, 0.2) is 5.82 Å². The molecule has 0 spiro atoms. The van der Waals surface area contributed by atoms with Gasteiger partial charge in [-0.2, -0.15) is 10.4 Å². The van der Waals surface area contributed by atoms with E-state index in [1.807, 2.05) is 6.07 Å². The molecule has 0 atom stereocenters. The molecule has 2 aromatic heterocycles. The topological polar surface area (TPSA) is 113 Å². The number of carbonyl (C=O) groups is 2. The second kappa shape index (κ2) is 9.26. The first-order valence-electron chi connectivity index (χ1n) is 8.45. The Morgan fingerprint density at radius 1 is 1.27 bits per heavy atom. The third-order valence-electron chi connectivity index (χ3n) is 3.96. The van der Waals surface area contributed by atoms with Crippen LogP contribution in [0.15, 0.2) is 41.1 Å². The Bertz CT molecular complexity index is 1190. The smallest absolute Gasteiger partial charge is 0.274 e. The maximum Gasteiger partial charge on any atom is 0.274 e. The highest BCUT2D eigenvalue weighted by Gasteiger charge is 2.22. The molecule has 1 aromatic carbocycles. The second-order valence-corrected chi connectivity index (χ2v) is 7.67. The van der Waals surface area contributed by atoms with Gasteiger partial charge in [-0.05, 0) is 52.7 Å². The van der Waals surface area contributed by atoms with Crippen LogP contribution in [0.4, 0.5) is 5.69 Å². The Balaban J connectivity index is 2.01. The van der Waals surface area contributed by atoms with Gasteiger partial charge in [0.25, 0.3) is 11.8 Å². The van der Waals surface area contributed by atoms with Gasteiger partial charge in [-0.25, -0.2) is 9.67 Å². The van der Waals surface area contributed by atoms with Crippen LogP contribution in [0.2, 0.25) is 10.0 Å². The first kappa shape index (κ1) is 21.8. The third-order valence-corrected chi connectivity index (χ3v) is 4.86. The van der Waals surface area contributed by atoms with E-state index in [0.29, 0.717) is 20.2 Å². The van der Waals surface area contributed by atoms with E-state index in [1.54, 1.807) is 25.1 Å². The molecule has 30 heavy (non-hydrogen) atoms. The molecule has 0 saturated heterocycles. The molecule has 0 aliphatic rings. The summed E-state index contributed by atoms with van der Waals surface area (Å²) in [4.78, 5) is 29.7. The fourth-order valence-corrected chi connectivity index (χ4v) is 3.54. The Morgan fingerprint density at radius 2 is 2.03 bits per heavy atom. The van der Waals surface area contributed by atoms with Gasteiger partial charge in [0.2, 0.25) is 0 Å². The molecule has 0 aliphatic carbocycles. The number of nitrogens with zero attached hydrogens (tertiary/aromatic N) is 4. The maximum absolute atomic E-state index is 13.1. The molecule has 3 aromatic rings. The first-order chi connectivity index (χ1) is 14.3. The molecule has 3 rings (SSSR count). The molecular weight excluding hydrogens is 495 g/mol. The summed E-state index contributed by atoms with van der Waals surface area (Å²) in [5.74, 6) is -0.815. The van der Waals surface area contributed by atoms with Gasteiger partial charge in [-0.3, -0.25) is 9.59 Å². The van der Waals surface area contributed by atoms with E-state index >= 15 is 0 Å². The van der Waals surface area contributed by atoms with E-state index in [9.17, 15) is 9.59 Å². The van der Waals surface area contributed by atoms with Crippen LogP contribution in [0, 0.1) is 18.3 Å². The zero-order valence-corrected chi connectivity index (χ0v) is 18.5. The average molecular weight is 508 g/mol. The number of rotatable bonds is 5. The molecule has 8 nitrogen and oxygen atoms in total. The molecular formula is C19H13BrCl2N6O2. The quantitative estimate of drug-likeness (QED) is 0.503. The normalized spacial score (nSPS) is 10.4. The highest BCUT2D eigenvalue weighted by molar-refractivity contribution is 9.10. The monoisotopic (exact) mass is 506 g/mol. The van der Waals surface area contributed by atoms with Crippen molar-refractivity contribution in [3.05, 3.63) is 68.0 Å². The van der Waals surface area contributed by atoms with Gasteiger partial charge in [0.05, 0.1) is 22.3 Å². The molecule has 2 amide bonds. The molecule has 11 heteroatoms. The molecule has 0 aliphatic heterocycles. The summed E-state index contributed by atoms with van der Waals surface area (Å²) in [6.07, 6.45) is 1.53.